The van der Waals surface area contributed by atoms with Crippen molar-refractivity contribution in [1.29, 1.82) is 0 Å². The van der Waals surface area contributed by atoms with Gasteiger partial charge in [0.2, 0.25) is 0 Å². The summed E-state index contributed by atoms with van der Waals surface area (Å²) in [6, 6.07) is 3.89. The molecule has 0 fully saturated rings. The third-order valence-electron chi connectivity index (χ3n) is 5.34. The fourth-order valence-corrected chi connectivity index (χ4v) is 4.24. The lowest BCUT2D eigenvalue weighted by atomic mass is 9.71. The minimum Gasteiger partial charge on any atom is -0.504 e. The molecule has 0 bridgehead atoms. The Morgan fingerprint density at radius 3 is 2.87 bits per heavy atom. The van der Waals surface area contributed by atoms with Gasteiger partial charge in [0, 0.05) is 26.6 Å². The highest BCUT2D eigenvalue weighted by atomic mass is 35.5. The minimum atomic E-state index is -0.135. The molecule has 1 spiro atoms. The maximum absolute atomic E-state index is 10.1. The van der Waals surface area contributed by atoms with Crippen molar-refractivity contribution in [2.75, 3.05) is 27.3 Å². The van der Waals surface area contributed by atoms with Gasteiger partial charge in [-0.05, 0) is 35.3 Å². The van der Waals surface area contributed by atoms with E-state index in [1.807, 2.05) is 12.1 Å². The third kappa shape index (κ3) is 2.20. The van der Waals surface area contributed by atoms with Gasteiger partial charge in [-0.1, -0.05) is 18.2 Å². The molecule has 0 radical (unpaired) electrons. The first-order valence-corrected chi connectivity index (χ1v) is 7.76. The number of benzene rings is 1. The Labute approximate surface area is 142 Å². The minimum absolute atomic E-state index is 0. The molecule has 3 aliphatic rings. The SMILES string of the molecule is COc1cc2c(cc1O)CCN1CC=C3C=C[C@H](OC)CC321.Cl. The van der Waals surface area contributed by atoms with Crippen molar-refractivity contribution in [3.05, 3.63) is 47.1 Å². The van der Waals surface area contributed by atoms with E-state index in [-0.39, 0.29) is 29.8 Å². The second kappa shape index (κ2) is 5.86. The van der Waals surface area contributed by atoms with Crippen LogP contribution >= 0.6 is 12.4 Å². The molecule has 2 atom stereocenters. The Kier molecular flexibility index (Phi) is 4.17. The molecule has 0 saturated heterocycles. The smallest absolute Gasteiger partial charge is 0.160 e. The lowest BCUT2D eigenvalue weighted by Gasteiger charge is -2.48. The number of hydrogen-bond acceptors (Lipinski definition) is 4. The highest BCUT2D eigenvalue weighted by Gasteiger charge is 2.50. The molecule has 124 valence electrons. The van der Waals surface area contributed by atoms with E-state index in [0.717, 1.165) is 25.9 Å². The van der Waals surface area contributed by atoms with E-state index in [9.17, 15) is 5.11 Å². The van der Waals surface area contributed by atoms with Gasteiger partial charge < -0.3 is 14.6 Å². The molecule has 1 aromatic carbocycles. The summed E-state index contributed by atoms with van der Waals surface area (Å²) in [5.74, 6) is 0.772. The molecule has 0 aromatic heterocycles. The van der Waals surface area contributed by atoms with E-state index in [1.165, 1.54) is 16.7 Å². The van der Waals surface area contributed by atoms with E-state index in [1.54, 1.807) is 14.2 Å². The maximum atomic E-state index is 10.1. The van der Waals surface area contributed by atoms with Crippen molar-refractivity contribution in [2.45, 2.75) is 24.5 Å². The Morgan fingerprint density at radius 2 is 2.13 bits per heavy atom. The number of halogens is 1. The van der Waals surface area contributed by atoms with Crippen LogP contribution in [-0.2, 0) is 16.7 Å². The highest BCUT2D eigenvalue weighted by molar-refractivity contribution is 5.85. The van der Waals surface area contributed by atoms with E-state index in [0.29, 0.717) is 5.75 Å². The first kappa shape index (κ1) is 16.4. The van der Waals surface area contributed by atoms with Crippen LogP contribution in [0.1, 0.15) is 17.5 Å². The number of fused-ring (bicyclic) bond motifs is 1. The van der Waals surface area contributed by atoms with Crippen LogP contribution in [-0.4, -0.2) is 43.4 Å². The van der Waals surface area contributed by atoms with Gasteiger partial charge in [-0.3, -0.25) is 4.90 Å². The van der Waals surface area contributed by atoms with Gasteiger partial charge >= 0.3 is 0 Å². The normalized spacial score (nSPS) is 28.3. The van der Waals surface area contributed by atoms with Crippen molar-refractivity contribution in [1.82, 2.24) is 4.90 Å². The third-order valence-corrected chi connectivity index (χ3v) is 5.34. The predicted octanol–water partition coefficient (Wildman–Crippen LogP) is 2.79. The van der Waals surface area contributed by atoms with Gasteiger partial charge in [0.05, 0.1) is 18.8 Å². The van der Waals surface area contributed by atoms with Crippen molar-refractivity contribution >= 4 is 12.4 Å². The van der Waals surface area contributed by atoms with Gasteiger partial charge in [-0.2, -0.15) is 0 Å². The summed E-state index contributed by atoms with van der Waals surface area (Å²) in [6.07, 6.45) is 8.64. The van der Waals surface area contributed by atoms with Crippen LogP contribution in [0.25, 0.3) is 0 Å². The van der Waals surface area contributed by atoms with Crippen LogP contribution in [0, 0.1) is 0 Å². The zero-order valence-corrected chi connectivity index (χ0v) is 14.2. The molecular formula is C18H22ClNO3. The number of rotatable bonds is 2. The molecule has 1 unspecified atom stereocenters. The van der Waals surface area contributed by atoms with Crippen molar-refractivity contribution < 1.29 is 14.6 Å². The van der Waals surface area contributed by atoms with E-state index in [2.05, 4.69) is 23.1 Å². The van der Waals surface area contributed by atoms with E-state index in [4.69, 9.17) is 9.47 Å². The lowest BCUT2D eigenvalue weighted by Crippen LogP contribution is -2.51. The average molecular weight is 336 g/mol. The maximum Gasteiger partial charge on any atom is 0.160 e. The summed E-state index contributed by atoms with van der Waals surface area (Å²) >= 11 is 0. The second-order valence-electron chi connectivity index (χ2n) is 6.23. The first-order valence-electron chi connectivity index (χ1n) is 7.76. The molecule has 1 aliphatic carbocycles. The topological polar surface area (TPSA) is 41.9 Å². The van der Waals surface area contributed by atoms with Gasteiger partial charge in [0.1, 0.15) is 0 Å². The molecule has 4 nitrogen and oxygen atoms in total. The number of phenolic OH excluding ortho intramolecular Hbond substituents is 1. The lowest BCUT2D eigenvalue weighted by molar-refractivity contribution is 0.0513. The summed E-state index contributed by atoms with van der Waals surface area (Å²) in [5.41, 5.74) is 3.68. The van der Waals surface area contributed by atoms with Crippen molar-refractivity contribution in [3.8, 4) is 11.5 Å². The molecule has 0 amide bonds. The molecule has 0 saturated carbocycles. The fraction of sp³-hybridized carbons (Fsp3) is 0.444. The van der Waals surface area contributed by atoms with Gasteiger partial charge in [-0.25, -0.2) is 0 Å². The van der Waals surface area contributed by atoms with Crippen LogP contribution in [0.3, 0.4) is 0 Å². The van der Waals surface area contributed by atoms with Crippen LogP contribution in [0.15, 0.2) is 35.9 Å². The quantitative estimate of drug-likeness (QED) is 0.902. The average Bonchev–Trinajstić information content (AvgIpc) is 2.92. The molecule has 5 heteroatoms. The second-order valence-corrected chi connectivity index (χ2v) is 6.23. The van der Waals surface area contributed by atoms with Crippen LogP contribution in [0.5, 0.6) is 11.5 Å². The van der Waals surface area contributed by atoms with Gasteiger partial charge in [0.25, 0.3) is 0 Å². The van der Waals surface area contributed by atoms with Crippen molar-refractivity contribution in [3.63, 3.8) is 0 Å². The zero-order chi connectivity index (χ0) is 15.3. The predicted molar refractivity (Wildman–Crippen MR) is 91.5 cm³/mol. The molecule has 1 N–H and O–H groups in total. The molecule has 2 aliphatic heterocycles. The number of hydrogen-bond donors (Lipinski definition) is 1. The zero-order valence-electron chi connectivity index (χ0n) is 13.4. The van der Waals surface area contributed by atoms with Gasteiger partial charge in [0.15, 0.2) is 11.5 Å². The van der Waals surface area contributed by atoms with E-state index >= 15 is 0 Å². The largest absolute Gasteiger partial charge is 0.504 e. The van der Waals surface area contributed by atoms with Crippen LogP contribution < -0.4 is 4.74 Å². The standard InChI is InChI=1S/C18H21NO3.ClH/c1-21-14-4-3-13-6-8-19-7-5-12-9-16(20)17(22-2)10-15(12)18(13,19)11-14;/h3-4,6,9-10,14,20H,5,7-8,11H2,1-2H3;1H/t14-,18?;/m0./s1. The molecule has 2 heterocycles. The molecule has 23 heavy (non-hydrogen) atoms. The number of aromatic hydroxyl groups is 1. The van der Waals surface area contributed by atoms with Crippen LogP contribution in [0.2, 0.25) is 0 Å². The van der Waals surface area contributed by atoms with Gasteiger partial charge in [-0.15, -0.1) is 12.4 Å². The number of phenols is 1. The Morgan fingerprint density at radius 1 is 1.30 bits per heavy atom. The molecule has 4 rings (SSSR count). The molecule has 1 aromatic rings. The van der Waals surface area contributed by atoms with E-state index < -0.39 is 0 Å². The summed E-state index contributed by atoms with van der Waals surface area (Å²) in [4.78, 5) is 2.52. The number of nitrogens with zero attached hydrogens (tertiary/aromatic N) is 1. The fourth-order valence-electron chi connectivity index (χ4n) is 4.24. The van der Waals surface area contributed by atoms with Crippen LogP contribution in [0.4, 0.5) is 0 Å². The number of ether oxygens (including phenoxy) is 2. The summed E-state index contributed by atoms with van der Waals surface area (Å²) in [6.45, 7) is 1.97. The molecular weight excluding hydrogens is 314 g/mol. The Bertz CT molecular complexity index is 685. The first-order chi connectivity index (χ1) is 10.7. The Balaban J connectivity index is 0.00000156. The highest BCUT2D eigenvalue weighted by Crippen LogP contribution is 2.52. The Hall–Kier alpha value is -1.49. The van der Waals surface area contributed by atoms with Crippen molar-refractivity contribution in [2.24, 2.45) is 0 Å². The number of methoxy groups -OCH3 is 2. The monoisotopic (exact) mass is 335 g/mol. The summed E-state index contributed by atoms with van der Waals surface area (Å²) in [5, 5.41) is 10.1. The summed E-state index contributed by atoms with van der Waals surface area (Å²) in [7, 11) is 3.37. The summed E-state index contributed by atoms with van der Waals surface area (Å²) < 4.78 is 11.0.